The third-order valence-electron chi connectivity index (χ3n) is 3.15. The first-order valence-electron chi connectivity index (χ1n) is 5.92. The normalized spacial score (nSPS) is 10.4. The van der Waals surface area contributed by atoms with Crippen molar-refractivity contribution in [2.75, 3.05) is 0 Å². The average Bonchev–Trinajstić information content (AvgIpc) is 2.78. The lowest BCUT2D eigenvalue weighted by Gasteiger charge is -2.00. The molecule has 0 amide bonds. The highest BCUT2D eigenvalue weighted by molar-refractivity contribution is 5.86. The summed E-state index contributed by atoms with van der Waals surface area (Å²) in [6, 6.07) is 20.5. The number of fused-ring (bicyclic) bond motifs is 1. The van der Waals surface area contributed by atoms with Crippen molar-refractivity contribution in [3.8, 4) is 6.07 Å². The largest absolute Gasteiger partial charge is 0.346 e. The number of hydrogen-bond acceptors (Lipinski definition) is 1. The van der Waals surface area contributed by atoms with E-state index in [0.29, 0.717) is 5.69 Å². The van der Waals surface area contributed by atoms with Gasteiger partial charge in [0.2, 0.25) is 0 Å². The Hall–Kier alpha value is -2.53. The Balaban J connectivity index is 2.13. The molecule has 1 aromatic heterocycles. The van der Waals surface area contributed by atoms with Gasteiger partial charge in [-0.1, -0.05) is 48.5 Å². The van der Waals surface area contributed by atoms with Crippen LogP contribution in [0.1, 0.15) is 16.8 Å². The van der Waals surface area contributed by atoms with Gasteiger partial charge in [-0.15, -0.1) is 0 Å². The summed E-state index contributed by atoms with van der Waals surface area (Å²) in [4.78, 5) is 3.17. The lowest BCUT2D eigenvalue weighted by Crippen LogP contribution is -1.89. The number of nitrogens with zero attached hydrogens (tertiary/aromatic N) is 1. The third kappa shape index (κ3) is 1.76. The quantitative estimate of drug-likeness (QED) is 0.720. The van der Waals surface area contributed by atoms with Crippen molar-refractivity contribution < 1.29 is 0 Å². The number of benzene rings is 2. The Kier molecular flexibility index (Phi) is 2.59. The van der Waals surface area contributed by atoms with E-state index in [2.05, 4.69) is 29.3 Å². The topological polar surface area (TPSA) is 39.6 Å². The molecule has 0 saturated carbocycles. The van der Waals surface area contributed by atoms with Crippen LogP contribution in [0.5, 0.6) is 0 Å². The first-order valence-corrected chi connectivity index (χ1v) is 5.92. The Morgan fingerprint density at radius 2 is 1.67 bits per heavy atom. The summed E-state index contributed by atoms with van der Waals surface area (Å²) in [6.45, 7) is 0. The molecular weight excluding hydrogens is 220 g/mol. The maximum atomic E-state index is 9.22. The van der Waals surface area contributed by atoms with E-state index in [1.807, 2.05) is 36.4 Å². The summed E-state index contributed by atoms with van der Waals surface area (Å²) in [6.07, 6.45) is 0.785. The van der Waals surface area contributed by atoms with Crippen molar-refractivity contribution in [1.29, 1.82) is 5.26 Å². The number of H-pyrrole nitrogens is 1. The smallest absolute Gasteiger partial charge is 0.122 e. The Morgan fingerprint density at radius 3 is 2.44 bits per heavy atom. The van der Waals surface area contributed by atoms with Crippen LogP contribution in [0.25, 0.3) is 10.9 Å². The van der Waals surface area contributed by atoms with Gasteiger partial charge in [0.25, 0.3) is 0 Å². The molecule has 86 valence electrons. The fourth-order valence-electron chi connectivity index (χ4n) is 2.28. The minimum absolute atomic E-state index is 0.667. The van der Waals surface area contributed by atoms with Crippen LogP contribution in [0.4, 0.5) is 0 Å². The van der Waals surface area contributed by atoms with Crippen molar-refractivity contribution >= 4 is 10.9 Å². The van der Waals surface area contributed by atoms with E-state index in [1.165, 1.54) is 5.56 Å². The van der Waals surface area contributed by atoms with Gasteiger partial charge in [-0.3, -0.25) is 0 Å². The standard InChI is InChI=1S/C16H12N2/c17-11-16-14(10-12-6-2-1-3-7-12)13-8-4-5-9-15(13)18-16/h1-9,18H,10H2. The summed E-state index contributed by atoms with van der Waals surface area (Å²) in [5.74, 6) is 0. The van der Waals surface area contributed by atoms with Crippen LogP contribution in [-0.4, -0.2) is 4.98 Å². The van der Waals surface area contributed by atoms with E-state index in [4.69, 9.17) is 0 Å². The van der Waals surface area contributed by atoms with Gasteiger partial charge >= 0.3 is 0 Å². The van der Waals surface area contributed by atoms with Gasteiger partial charge in [0.1, 0.15) is 11.8 Å². The van der Waals surface area contributed by atoms with Crippen LogP contribution in [-0.2, 0) is 6.42 Å². The fraction of sp³-hybridized carbons (Fsp3) is 0.0625. The number of aromatic amines is 1. The zero-order valence-electron chi connectivity index (χ0n) is 9.85. The minimum Gasteiger partial charge on any atom is -0.346 e. The van der Waals surface area contributed by atoms with Crippen LogP contribution in [0, 0.1) is 11.3 Å². The maximum absolute atomic E-state index is 9.22. The predicted molar refractivity (Wildman–Crippen MR) is 72.3 cm³/mol. The van der Waals surface area contributed by atoms with E-state index in [9.17, 15) is 5.26 Å². The molecule has 0 bridgehead atoms. The molecule has 18 heavy (non-hydrogen) atoms. The molecule has 2 aromatic carbocycles. The molecule has 2 heteroatoms. The summed E-state index contributed by atoms with van der Waals surface area (Å²) >= 11 is 0. The van der Waals surface area contributed by atoms with Crippen molar-refractivity contribution in [1.82, 2.24) is 4.98 Å². The first-order chi connectivity index (χ1) is 8.88. The van der Waals surface area contributed by atoms with E-state index in [0.717, 1.165) is 22.9 Å². The molecule has 0 radical (unpaired) electrons. The minimum atomic E-state index is 0.667. The summed E-state index contributed by atoms with van der Waals surface area (Å²) in [5, 5.41) is 10.4. The molecule has 0 aliphatic rings. The van der Waals surface area contributed by atoms with Gasteiger partial charge in [-0.25, -0.2) is 0 Å². The number of nitriles is 1. The molecule has 0 atom stereocenters. The van der Waals surface area contributed by atoms with Crippen LogP contribution in [0.3, 0.4) is 0 Å². The van der Waals surface area contributed by atoms with Crippen LogP contribution in [0.15, 0.2) is 54.6 Å². The van der Waals surface area contributed by atoms with Gasteiger partial charge in [0.15, 0.2) is 0 Å². The molecule has 3 rings (SSSR count). The zero-order chi connectivity index (χ0) is 12.4. The van der Waals surface area contributed by atoms with Crippen LogP contribution in [0.2, 0.25) is 0 Å². The van der Waals surface area contributed by atoms with Gasteiger partial charge < -0.3 is 4.98 Å². The number of rotatable bonds is 2. The SMILES string of the molecule is N#Cc1[nH]c2ccccc2c1Cc1ccccc1. The first kappa shape index (κ1) is 10.6. The van der Waals surface area contributed by atoms with Crippen LogP contribution >= 0.6 is 0 Å². The molecule has 0 aliphatic heterocycles. The Labute approximate surface area is 106 Å². The van der Waals surface area contributed by atoms with Gasteiger partial charge in [0.05, 0.1) is 0 Å². The summed E-state index contributed by atoms with van der Waals surface area (Å²) in [7, 11) is 0. The zero-order valence-corrected chi connectivity index (χ0v) is 9.85. The molecule has 3 aromatic rings. The van der Waals surface area contributed by atoms with Gasteiger partial charge in [0, 0.05) is 22.9 Å². The number of para-hydroxylation sites is 1. The summed E-state index contributed by atoms with van der Waals surface area (Å²) < 4.78 is 0. The highest BCUT2D eigenvalue weighted by Gasteiger charge is 2.10. The molecular formula is C16H12N2. The van der Waals surface area contributed by atoms with Gasteiger partial charge in [-0.2, -0.15) is 5.26 Å². The number of aromatic nitrogens is 1. The second-order valence-corrected chi connectivity index (χ2v) is 4.30. The van der Waals surface area contributed by atoms with Crippen molar-refractivity contribution in [2.24, 2.45) is 0 Å². The molecule has 2 nitrogen and oxygen atoms in total. The van der Waals surface area contributed by atoms with Gasteiger partial charge in [-0.05, 0) is 11.6 Å². The predicted octanol–water partition coefficient (Wildman–Crippen LogP) is 3.63. The number of nitrogens with one attached hydrogen (secondary N) is 1. The fourth-order valence-corrected chi connectivity index (χ4v) is 2.28. The van der Waals surface area contributed by atoms with E-state index < -0.39 is 0 Å². The van der Waals surface area contributed by atoms with Crippen molar-refractivity contribution in [2.45, 2.75) is 6.42 Å². The number of hydrogen-bond donors (Lipinski definition) is 1. The monoisotopic (exact) mass is 232 g/mol. The van der Waals surface area contributed by atoms with E-state index in [-0.39, 0.29) is 0 Å². The second-order valence-electron chi connectivity index (χ2n) is 4.30. The lowest BCUT2D eigenvalue weighted by atomic mass is 10.0. The highest BCUT2D eigenvalue weighted by Crippen LogP contribution is 2.24. The van der Waals surface area contributed by atoms with Crippen LogP contribution < -0.4 is 0 Å². The maximum Gasteiger partial charge on any atom is 0.122 e. The molecule has 0 fully saturated rings. The molecule has 0 spiro atoms. The molecule has 0 saturated heterocycles. The van der Waals surface area contributed by atoms with Crippen molar-refractivity contribution in [3.05, 3.63) is 71.4 Å². The Morgan fingerprint density at radius 1 is 0.944 bits per heavy atom. The van der Waals surface area contributed by atoms with E-state index in [1.54, 1.807) is 0 Å². The Bertz CT molecular complexity index is 718. The summed E-state index contributed by atoms with van der Waals surface area (Å²) in [5.41, 5.74) is 4.00. The molecule has 1 N–H and O–H groups in total. The molecule has 1 heterocycles. The van der Waals surface area contributed by atoms with E-state index >= 15 is 0 Å². The van der Waals surface area contributed by atoms with Crippen molar-refractivity contribution in [3.63, 3.8) is 0 Å². The molecule has 0 unspecified atom stereocenters. The average molecular weight is 232 g/mol. The lowest BCUT2D eigenvalue weighted by molar-refractivity contribution is 1.18. The molecule has 0 aliphatic carbocycles. The second kappa shape index (κ2) is 4.38. The third-order valence-corrected chi connectivity index (χ3v) is 3.15. The highest BCUT2D eigenvalue weighted by atomic mass is 14.7.